The minimum atomic E-state index is -0.631. The smallest absolute Gasteiger partial charge is 0.272 e. The fourth-order valence-corrected chi connectivity index (χ4v) is 2.15. The zero-order valence-electron chi connectivity index (χ0n) is 10.1. The molecule has 7 heteroatoms. The van der Waals surface area contributed by atoms with Crippen LogP contribution in [0.3, 0.4) is 0 Å². The number of nitrogens with one attached hydrogen (secondary N) is 1. The molecule has 0 aliphatic rings. The molecule has 2 rings (SSSR count). The Morgan fingerprint density at radius 2 is 2.05 bits per heavy atom. The van der Waals surface area contributed by atoms with Gasteiger partial charge in [0.15, 0.2) is 0 Å². The second-order valence-corrected chi connectivity index (χ2v) is 5.32. The van der Waals surface area contributed by atoms with Gasteiger partial charge in [0.25, 0.3) is 5.69 Å². The van der Waals surface area contributed by atoms with Crippen LogP contribution in [0.1, 0.15) is 5.56 Å². The second-order valence-electron chi connectivity index (χ2n) is 4.06. The van der Waals surface area contributed by atoms with E-state index in [-0.39, 0.29) is 12.2 Å². The maximum absolute atomic E-state index is 13.3. The highest BCUT2D eigenvalue weighted by Crippen LogP contribution is 2.26. The van der Waals surface area contributed by atoms with Gasteiger partial charge < -0.3 is 5.32 Å². The summed E-state index contributed by atoms with van der Waals surface area (Å²) in [6.45, 7) is 0.271. The van der Waals surface area contributed by atoms with E-state index >= 15 is 0 Å². The summed E-state index contributed by atoms with van der Waals surface area (Å²) in [5.74, 6) is -0.631. The number of nitro groups is 1. The lowest BCUT2D eigenvalue weighted by Gasteiger charge is -2.08. The molecule has 0 radical (unpaired) electrons. The van der Waals surface area contributed by atoms with Crippen LogP contribution in [0, 0.1) is 15.9 Å². The van der Waals surface area contributed by atoms with Crippen molar-refractivity contribution in [2.45, 2.75) is 6.54 Å². The van der Waals surface area contributed by atoms with Crippen molar-refractivity contribution in [1.82, 2.24) is 0 Å². The van der Waals surface area contributed by atoms with Crippen molar-refractivity contribution in [2.24, 2.45) is 0 Å². The Morgan fingerprint density at radius 1 is 1.30 bits per heavy atom. The molecule has 0 aromatic heterocycles. The van der Waals surface area contributed by atoms with Crippen LogP contribution in [0.15, 0.2) is 40.9 Å². The van der Waals surface area contributed by atoms with Crippen LogP contribution in [0.5, 0.6) is 0 Å². The predicted octanol–water partition coefficient (Wildman–Crippen LogP) is 4.76. The van der Waals surface area contributed by atoms with Crippen molar-refractivity contribution < 1.29 is 9.31 Å². The molecule has 2 aromatic rings. The van der Waals surface area contributed by atoms with Crippen LogP contribution in [0.4, 0.5) is 15.8 Å². The molecule has 0 atom stereocenters. The highest BCUT2D eigenvalue weighted by Gasteiger charge is 2.09. The Bertz CT molecular complexity index is 667. The zero-order valence-corrected chi connectivity index (χ0v) is 12.4. The van der Waals surface area contributed by atoms with Gasteiger partial charge in [0, 0.05) is 22.8 Å². The summed E-state index contributed by atoms with van der Waals surface area (Å²) in [5, 5.41) is 14.3. The fraction of sp³-hybridized carbons (Fsp3) is 0.0769. The van der Waals surface area contributed by atoms with Crippen LogP contribution in [0.2, 0.25) is 5.02 Å². The maximum Gasteiger partial charge on any atom is 0.272 e. The first-order valence-corrected chi connectivity index (χ1v) is 6.75. The van der Waals surface area contributed by atoms with Gasteiger partial charge in [0.2, 0.25) is 0 Å². The largest absolute Gasteiger partial charge is 0.381 e. The standard InChI is InChI=1S/C13H9BrClFN2O2/c14-12-6-10(1-2-13(12)15)17-7-8-3-9(16)5-11(4-8)18(19)20/h1-6,17H,7H2. The van der Waals surface area contributed by atoms with Crippen molar-refractivity contribution in [3.8, 4) is 0 Å². The molecule has 0 saturated heterocycles. The molecule has 0 fully saturated rings. The molecule has 20 heavy (non-hydrogen) atoms. The number of nitrogens with zero attached hydrogens (tertiary/aromatic N) is 1. The molecule has 2 aromatic carbocycles. The monoisotopic (exact) mass is 358 g/mol. The van der Waals surface area contributed by atoms with Gasteiger partial charge in [0.1, 0.15) is 5.82 Å². The highest BCUT2D eigenvalue weighted by atomic mass is 79.9. The molecular weight excluding hydrogens is 351 g/mol. The molecule has 0 heterocycles. The number of hydrogen-bond acceptors (Lipinski definition) is 3. The third kappa shape index (κ3) is 3.68. The molecular formula is C13H9BrClFN2O2. The van der Waals surface area contributed by atoms with Crippen LogP contribution < -0.4 is 5.32 Å². The fourth-order valence-electron chi connectivity index (χ4n) is 1.65. The number of hydrogen-bond donors (Lipinski definition) is 1. The van der Waals surface area contributed by atoms with Crippen LogP contribution >= 0.6 is 27.5 Å². The lowest BCUT2D eigenvalue weighted by molar-refractivity contribution is -0.385. The van der Waals surface area contributed by atoms with Gasteiger partial charge in [-0.05, 0) is 45.8 Å². The minimum absolute atomic E-state index is 0.265. The molecule has 0 saturated carbocycles. The van der Waals surface area contributed by atoms with Crippen LogP contribution in [0.25, 0.3) is 0 Å². The van der Waals surface area contributed by atoms with Crippen LogP contribution in [-0.2, 0) is 6.54 Å². The van der Waals surface area contributed by atoms with Crippen molar-refractivity contribution in [1.29, 1.82) is 0 Å². The maximum atomic E-state index is 13.3. The molecule has 0 amide bonds. The SMILES string of the molecule is O=[N+]([O-])c1cc(F)cc(CNc2ccc(Cl)c(Br)c2)c1. The first kappa shape index (κ1) is 14.7. The Balaban J connectivity index is 2.14. The molecule has 0 aliphatic carbocycles. The van der Waals surface area contributed by atoms with Crippen molar-refractivity contribution >= 4 is 38.9 Å². The number of anilines is 1. The van der Waals surface area contributed by atoms with Crippen molar-refractivity contribution in [3.05, 3.63) is 67.4 Å². The summed E-state index contributed by atoms with van der Waals surface area (Å²) in [7, 11) is 0. The lowest BCUT2D eigenvalue weighted by atomic mass is 10.2. The molecule has 0 spiro atoms. The van der Waals surface area contributed by atoms with E-state index in [1.807, 2.05) is 0 Å². The van der Waals surface area contributed by atoms with Gasteiger partial charge >= 0.3 is 0 Å². The first-order valence-electron chi connectivity index (χ1n) is 5.58. The van der Waals surface area contributed by atoms with Gasteiger partial charge in [-0.25, -0.2) is 4.39 Å². The molecule has 4 nitrogen and oxygen atoms in total. The van der Waals surface area contributed by atoms with E-state index in [1.54, 1.807) is 18.2 Å². The Kier molecular flexibility index (Phi) is 4.57. The van der Waals surface area contributed by atoms with E-state index in [2.05, 4.69) is 21.2 Å². The normalized spacial score (nSPS) is 10.3. The lowest BCUT2D eigenvalue weighted by Crippen LogP contribution is -2.01. The summed E-state index contributed by atoms with van der Waals surface area (Å²) in [6.07, 6.45) is 0. The average molecular weight is 360 g/mol. The summed E-state index contributed by atoms with van der Waals surface area (Å²) in [5.41, 5.74) is 0.995. The highest BCUT2D eigenvalue weighted by molar-refractivity contribution is 9.10. The van der Waals surface area contributed by atoms with Crippen molar-refractivity contribution in [2.75, 3.05) is 5.32 Å². The van der Waals surface area contributed by atoms with E-state index in [0.29, 0.717) is 10.6 Å². The summed E-state index contributed by atoms with van der Waals surface area (Å²) in [4.78, 5) is 10.0. The Morgan fingerprint density at radius 3 is 2.70 bits per heavy atom. The van der Waals surface area contributed by atoms with E-state index in [1.165, 1.54) is 12.1 Å². The quantitative estimate of drug-likeness (QED) is 0.632. The van der Waals surface area contributed by atoms with E-state index in [4.69, 9.17) is 11.6 Å². The number of non-ortho nitro benzene ring substituents is 1. The Hall–Kier alpha value is -1.66. The van der Waals surface area contributed by atoms with E-state index < -0.39 is 10.7 Å². The number of benzene rings is 2. The zero-order chi connectivity index (χ0) is 14.7. The second kappa shape index (κ2) is 6.19. The molecule has 0 aliphatic heterocycles. The van der Waals surface area contributed by atoms with E-state index in [0.717, 1.165) is 16.2 Å². The third-order valence-electron chi connectivity index (χ3n) is 2.57. The number of nitro benzene ring substituents is 1. The van der Waals surface area contributed by atoms with E-state index in [9.17, 15) is 14.5 Å². The number of rotatable bonds is 4. The molecule has 0 bridgehead atoms. The molecule has 1 N–H and O–H groups in total. The van der Waals surface area contributed by atoms with Gasteiger partial charge in [0.05, 0.1) is 16.0 Å². The average Bonchev–Trinajstić information content (AvgIpc) is 2.39. The summed E-state index contributed by atoms with van der Waals surface area (Å²) in [6, 6.07) is 8.73. The summed E-state index contributed by atoms with van der Waals surface area (Å²) < 4.78 is 14.0. The first-order chi connectivity index (χ1) is 9.45. The van der Waals surface area contributed by atoms with Crippen LogP contribution in [-0.4, -0.2) is 4.92 Å². The minimum Gasteiger partial charge on any atom is -0.381 e. The van der Waals surface area contributed by atoms with Gasteiger partial charge in [-0.15, -0.1) is 0 Å². The predicted molar refractivity (Wildman–Crippen MR) is 79.5 cm³/mol. The summed E-state index contributed by atoms with van der Waals surface area (Å²) >= 11 is 9.17. The van der Waals surface area contributed by atoms with Crippen molar-refractivity contribution in [3.63, 3.8) is 0 Å². The van der Waals surface area contributed by atoms with Gasteiger partial charge in [-0.1, -0.05) is 11.6 Å². The molecule has 0 unspecified atom stereocenters. The Labute approximate surface area is 127 Å². The van der Waals surface area contributed by atoms with Gasteiger partial charge in [-0.3, -0.25) is 10.1 Å². The topological polar surface area (TPSA) is 55.2 Å². The van der Waals surface area contributed by atoms with Gasteiger partial charge in [-0.2, -0.15) is 0 Å². The third-order valence-corrected chi connectivity index (χ3v) is 3.78. The molecule has 104 valence electrons. The number of halogens is 3.